The average molecular weight is 489 g/mol. The van der Waals surface area contributed by atoms with Crippen molar-refractivity contribution in [2.24, 2.45) is 5.92 Å². The molecule has 168 valence electrons. The predicted molar refractivity (Wildman–Crippen MR) is 132 cm³/mol. The molecule has 0 spiro atoms. The maximum Gasteiger partial charge on any atom is 0.251 e. The van der Waals surface area contributed by atoms with Crippen LogP contribution in [-0.2, 0) is 12.3 Å². The Morgan fingerprint density at radius 2 is 2.00 bits per heavy atom. The zero-order valence-corrected chi connectivity index (χ0v) is 20.6. The fourth-order valence-corrected chi connectivity index (χ4v) is 4.77. The van der Waals surface area contributed by atoms with Gasteiger partial charge in [0.15, 0.2) is 11.0 Å². The highest BCUT2D eigenvalue weighted by molar-refractivity contribution is 7.98. The Morgan fingerprint density at radius 1 is 1.22 bits per heavy atom. The first-order valence-corrected chi connectivity index (χ1v) is 12.0. The van der Waals surface area contributed by atoms with Crippen molar-refractivity contribution in [1.82, 2.24) is 20.1 Å². The van der Waals surface area contributed by atoms with Crippen LogP contribution < -0.4 is 5.32 Å². The van der Waals surface area contributed by atoms with E-state index in [1.54, 1.807) is 12.1 Å². The molecule has 2 aromatic carbocycles. The van der Waals surface area contributed by atoms with Gasteiger partial charge in [-0.25, -0.2) is 0 Å². The molecule has 3 aromatic rings. The average Bonchev–Trinajstić information content (AvgIpc) is 3.13. The number of carbonyl (C=O) groups excluding carboxylic acids is 1. The molecule has 0 bridgehead atoms. The van der Waals surface area contributed by atoms with E-state index in [1.165, 1.54) is 11.8 Å². The first-order valence-electron chi connectivity index (χ1n) is 10.3. The molecule has 0 aliphatic carbocycles. The van der Waals surface area contributed by atoms with Gasteiger partial charge in [-0.2, -0.15) is 0 Å². The maximum atomic E-state index is 12.9. The summed E-state index contributed by atoms with van der Waals surface area (Å²) in [5.74, 6) is 1.29. The van der Waals surface area contributed by atoms with Gasteiger partial charge in [0.25, 0.3) is 5.91 Å². The van der Waals surface area contributed by atoms with E-state index < -0.39 is 0 Å². The largest absolute Gasteiger partial charge is 0.342 e. The van der Waals surface area contributed by atoms with Crippen LogP contribution in [0, 0.1) is 12.8 Å². The predicted octanol–water partition coefficient (Wildman–Crippen LogP) is 6.50. The Hall–Kier alpha value is -2.28. The third-order valence-electron chi connectivity index (χ3n) is 4.94. The third kappa shape index (κ3) is 5.94. The van der Waals surface area contributed by atoms with Crippen LogP contribution in [0.2, 0.25) is 10.0 Å². The summed E-state index contributed by atoms with van der Waals surface area (Å²) in [4.78, 5) is 12.9. The number of nitrogens with zero attached hydrogens (tertiary/aromatic N) is 3. The fourth-order valence-electron chi connectivity index (χ4n) is 3.26. The number of allylic oxidation sites excluding steroid dienone is 1. The van der Waals surface area contributed by atoms with Crippen molar-refractivity contribution < 1.29 is 4.79 Å². The smallest absolute Gasteiger partial charge is 0.251 e. The maximum absolute atomic E-state index is 12.9. The number of halogens is 2. The minimum Gasteiger partial charge on any atom is -0.342 e. The number of amides is 1. The van der Waals surface area contributed by atoms with Crippen molar-refractivity contribution in [3.05, 3.63) is 87.7 Å². The first-order chi connectivity index (χ1) is 15.3. The molecule has 1 heterocycles. The number of aryl methyl sites for hydroxylation is 1. The fraction of sp³-hybridized carbons (Fsp3) is 0.292. The number of hydrogen-bond donors (Lipinski definition) is 1. The lowest BCUT2D eigenvalue weighted by Crippen LogP contribution is -2.33. The highest BCUT2D eigenvalue weighted by Gasteiger charge is 2.26. The van der Waals surface area contributed by atoms with E-state index in [0.717, 1.165) is 16.3 Å². The van der Waals surface area contributed by atoms with Crippen LogP contribution in [0.25, 0.3) is 0 Å². The Bertz CT molecular complexity index is 1110. The number of rotatable bonds is 9. The summed E-state index contributed by atoms with van der Waals surface area (Å²) in [6.07, 6.45) is 1.80. The van der Waals surface area contributed by atoms with Gasteiger partial charge in [0.2, 0.25) is 0 Å². The molecule has 0 unspecified atom stereocenters. The lowest BCUT2D eigenvalue weighted by atomic mass is 10.0. The minimum absolute atomic E-state index is 0.111. The Balaban J connectivity index is 1.85. The standard InChI is InChI=1S/C24H26Cl2N4OS/c1-5-11-30-22(21(15(2)3)27-23(31)17-8-6-7-16(4)12-17)28-29-24(30)32-14-18-9-10-19(25)13-20(18)26/h5-10,12-13,15,21H,1,11,14H2,2-4H3,(H,27,31)/t21-/m1/s1. The highest BCUT2D eigenvalue weighted by Crippen LogP contribution is 2.30. The number of benzene rings is 2. The van der Waals surface area contributed by atoms with E-state index in [-0.39, 0.29) is 17.9 Å². The second kappa shape index (κ2) is 11.0. The van der Waals surface area contributed by atoms with E-state index in [0.29, 0.717) is 33.7 Å². The van der Waals surface area contributed by atoms with E-state index in [4.69, 9.17) is 23.2 Å². The molecule has 0 aliphatic rings. The summed E-state index contributed by atoms with van der Waals surface area (Å²) < 4.78 is 1.99. The zero-order chi connectivity index (χ0) is 23.3. The summed E-state index contributed by atoms with van der Waals surface area (Å²) in [7, 11) is 0. The van der Waals surface area contributed by atoms with E-state index in [1.807, 2.05) is 47.9 Å². The van der Waals surface area contributed by atoms with Crippen molar-refractivity contribution in [3.8, 4) is 0 Å². The molecule has 5 nitrogen and oxygen atoms in total. The number of thioether (sulfide) groups is 1. The normalized spacial score (nSPS) is 12.1. The first kappa shape index (κ1) is 24.4. The SMILES string of the molecule is C=CCn1c(SCc2ccc(Cl)cc2Cl)nnc1[C@H](NC(=O)c1cccc(C)c1)C(C)C. The van der Waals surface area contributed by atoms with Crippen LogP contribution in [-0.4, -0.2) is 20.7 Å². The van der Waals surface area contributed by atoms with Crippen molar-refractivity contribution in [2.45, 2.75) is 44.3 Å². The summed E-state index contributed by atoms with van der Waals surface area (Å²) in [6, 6.07) is 12.7. The molecule has 0 aliphatic heterocycles. The van der Waals surface area contributed by atoms with E-state index in [9.17, 15) is 4.79 Å². The van der Waals surface area contributed by atoms with Gasteiger partial charge < -0.3 is 9.88 Å². The third-order valence-corrected chi connectivity index (χ3v) is 6.54. The topological polar surface area (TPSA) is 59.8 Å². The summed E-state index contributed by atoms with van der Waals surface area (Å²) in [6.45, 7) is 10.5. The molecule has 1 aromatic heterocycles. The van der Waals surface area contributed by atoms with Crippen LogP contribution in [0.1, 0.15) is 47.2 Å². The molecular weight excluding hydrogens is 463 g/mol. The molecule has 0 fully saturated rings. The van der Waals surface area contributed by atoms with Gasteiger partial charge in [0.1, 0.15) is 0 Å². The van der Waals surface area contributed by atoms with Gasteiger partial charge >= 0.3 is 0 Å². The number of aromatic nitrogens is 3. The molecule has 1 N–H and O–H groups in total. The van der Waals surface area contributed by atoms with Crippen LogP contribution in [0.3, 0.4) is 0 Å². The second-order valence-corrected chi connectivity index (χ2v) is 9.62. The number of nitrogens with one attached hydrogen (secondary N) is 1. The number of hydrogen-bond acceptors (Lipinski definition) is 4. The van der Waals surface area contributed by atoms with Crippen molar-refractivity contribution >= 4 is 40.9 Å². The van der Waals surface area contributed by atoms with Crippen LogP contribution in [0.5, 0.6) is 0 Å². The monoisotopic (exact) mass is 488 g/mol. The molecule has 0 saturated heterocycles. The second-order valence-electron chi connectivity index (χ2n) is 7.83. The Labute approximate surface area is 203 Å². The zero-order valence-electron chi connectivity index (χ0n) is 18.3. The Morgan fingerprint density at radius 3 is 2.66 bits per heavy atom. The van der Waals surface area contributed by atoms with E-state index in [2.05, 4.69) is 35.9 Å². The quantitative estimate of drug-likeness (QED) is 0.275. The van der Waals surface area contributed by atoms with Gasteiger partial charge in [-0.05, 0) is 42.7 Å². The number of carbonyl (C=O) groups is 1. The van der Waals surface area contributed by atoms with Crippen LogP contribution in [0.15, 0.2) is 60.3 Å². The van der Waals surface area contributed by atoms with Gasteiger partial charge in [0, 0.05) is 27.9 Å². The highest BCUT2D eigenvalue weighted by atomic mass is 35.5. The van der Waals surface area contributed by atoms with Gasteiger partial charge in [-0.1, -0.05) is 78.6 Å². The molecule has 8 heteroatoms. The molecular formula is C24H26Cl2N4OS. The van der Waals surface area contributed by atoms with Crippen LogP contribution >= 0.6 is 35.0 Å². The van der Waals surface area contributed by atoms with E-state index >= 15 is 0 Å². The summed E-state index contributed by atoms with van der Waals surface area (Å²) in [5.41, 5.74) is 2.62. The van der Waals surface area contributed by atoms with Gasteiger partial charge in [0.05, 0.1) is 6.04 Å². The molecule has 0 radical (unpaired) electrons. The minimum atomic E-state index is -0.302. The van der Waals surface area contributed by atoms with Gasteiger partial charge in [-0.15, -0.1) is 16.8 Å². The molecule has 32 heavy (non-hydrogen) atoms. The van der Waals surface area contributed by atoms with Crippen molar-refractivity contribution in [1.29, 1.82) is 0 Å². The van der Waals surface area contributed by atoms with Crippen molar-refractivity contribution in [2.75, 3.05) is 0 Å². The lowest BCUT2D eigenvalue weighted by molar-refractivity contribution is 0.0922. The van der Waals surface area contributed by atoms with Crippen molar-refractivity contribution in [3.63, 3.8) is 0 Å². The molecule has 1 amide bonds. The summed E-state index contributed by atoms with van der Waals surface area (Å²) in [5, 5.41) is 13.9. The van der Waals surface area contributed by atoms with Crippen LogP contribution in [0.4, 0.5) is 0 Å². The molecule has 0 saturated carbocycles. The molecule has 1 atom stereocenters. The summed E-state index contributed by atoms with van der Waals surface area (Å²) >= 11 is 13.8. The lowest BCUT2D eigenvalue weighted by Gasteiger charge is -2.22. The molecule has 3 rings (SSSR count). The Kier molecular flexibility index (Phi) is 8.40. The van der Waals surface area contributed by atoms with Gasteiger partial charge in [-0.3, -0.25) is 4.79 Å².